The number of piperidine rings is 2. The van der Waals surface area contributed by atoms with Gasteiger partial charge in [0.05, 0.1) is 19.7 Å². The lowest BCUT2D eigenvalue weighted by Crippen LogP contribution is -2.59. The first-order valence-corrected chi connectivity index (χ1v) is 8.94. The molecule has 2 amide bonds. The van der Waals surface area contributed by atoms with Crippen LogP contribution >= 0.6 is 0 Å². The van der Waals surface area contributed by atoms with E-state index in [2.05, 4.69) is 0 Å². The second kappa shape index (κ2) is 7.61. The van der Waals surface area contributed by atoms with Crippen molar-refractivity contribution in [2.75, 3.05) is 40.8 Å². The Morgan fingerprint density at radius 1 is 1.38 bits per heavy atom. The molecule has 7 heteroatoms. The summed E-state index contributed by atoms with van der Waals surface area (Å²) >= 11 is 0. The van der Waals surface area contributed by atoms with Crippen LogP contribution in [0.3, 0.4) is 0 Å². The summed E-state index contributed by atoms with van der Waals surface area (Å²) in [5.74, 6) is 0.460. The molecule has 2 saturated heterocycles. The number of methoxy groups -OCH3 is 1. The summed E-state index contributed by atoms with van der Waals surface area (Å²) < 4.78 is 19.3. The lowest BCUT2D eigenvalue weighted by molar-refractivity contribution is -0.150. The van der Waals surface area contributed by atoms with Crippen LogP contribution in [-0.4, -0.2) is 73.4 Å². The number of ether oxygens (including phenoxy) is 1. The largest absolute Gasteiger partial charge is 0.497 e. The summed E-state index contributed by atoms with van der Waals surface area (Å²) in [6, 6.07) is 4.53. The van der Waals surface area contributed by atoms with Crippen LogP contribution in [0.4, 0.5) is 4.39 Å². The molecule has 0 aliphatic carbocycles. The SMILES string of the molecule is COc1ccc(CN2CC[C@H]3C[C@@H]2C(=O)N(CC(=O)N(C)C)C3)c(F)c1. The Bertz CT molecular complexity index is 695. The van der Waals surface area contributed by atoms with Crippen molar-refractivity contribution in [3.63, 3.8) is 0 Å². The van der Waals surface area contributed by atoms with Gasteiger partial charge in [0, 0.05) is 38.8 Å². The number of hydrogen-bond acceptors (Lipinski definition) is 4. The summed E-state index contributed by atoms with van der Waals surface area (Å²) in [4.78, 5) is 30.1. The van der Waals surface area contributed by atoms with Gasteiger partial charge in [0.2, 0.25) is 11.8 Å². The van der Waals surface area contributed by atoms with Crippen LogP contribution in [0.1, 0.15) is 18.4 Å². The summed E-state index contributed by atoms with van der Waals surface area (Å²) in [5, 5.41) is 0. The van der Waals surface area contributed by atoms with Crippen molar-refractivity contribution in [3.05, 3.63) is 29.6 Å². The lowest BCUT2D eigenvalue weighted by Gasteiger charge is -2.46. The maximum absolute atomic E-state index is 14.3. The van der Waals surface area contributed by atoms with Crippen LogP contribution in [0.5, 0.6) is 5.75 Å². The van der Waals surface area contributed by atoms with E-state index in [9.17, 15) is 14.0 Å². The number of nitrogens with zero attached hydrogens (tertiary/aromatic N) is 3. The Hall–Kier alpha value is -2.15. The molecule has 6 nitrogen and oxygen atoms in total. The van der Waals surface area contributed by atoms with Gasteiger partial charge in [-0.3, -0.25) is 14.5 Å². The number of amides is 2. The topological polar surface area (TPSA) is 53.1 Å². The maximum Gasteiger partial charge on any atom is 0.241 e. The second-order valence-corrected chi connectivity index (χ2v) is 7.34. The van der Waals surface area contributed by atoms with E-state index in [1.165, 1.54) is 18.1 Å². The van der Waals surface area contributed by atoms with E-state index in [0.29, 0.717) is 30.3 Å². The van der Waals surface area contributed by atoms with E-state index >= 15 is 0 Å². The molecule has 0 spiro atoms. The van der Waals surface area contributed by atoms with Crippen LogP contribution in [0.15, 0.2) is 18.2 Å². The Balaban J connectivity index is 1.72. The first kappa shape index (κ1) is 18.6. The summed E-state index contributed by atoms with van der Waals surface area (Å²) in [6.07, 6.45) is 1.73. The average Bonchev–Trinajstić information content (AvgIpc) is 2.62. The zero-order valence-electron chi connectivity index (χ0n) is 15.6. The standard InChI is InChI=1S/C19H26FN3O3/c1-21(2)18(24)12-23-10-13-6-7-22(17(8-13)19(23)25)11-14-4-5-15(26-3)9-16(14)20/h4-5,9,13,17H,6-8,10-12H2,1-3H3/t13-,17+/m0/s1. The summed E-state index contributed by atoms with van der Waals surface area (Å²) in [6.45, 7) is 1.90. The molecule has 2 aliphatic rings. The molecule has 2 fully saturated rings. The fourth-order valence-electron chi connectivity index (χ4n) is 3.76. The van der Waals surface area contributed by atoms with Gasteiger partial charge < -0.3 is 14.5 Å². The Labute approximate surface area is 153 Å². The van der Waals surface area contributed by atoms with Crippen LogP contribution in [0, 0.1) is 11.7 Å². The molecule has 0 unspecified atom stereocenters. The van der Waals surface area contributed by atoms with Gasteiger partial charge in [-0.15, -0.1) is 0 Å². The van der Waals surface area contributed by atoms with Gasteiger partial charge in [0.1, 0.15) is 11.6 Å². The Morgan fingerprint density at radius 2 is 2.15 bits per heavy atom. The minimum atomic E-state index is -0.325. The van der Waals surface area contributed by atoms with E-state index in [0.717, 1.165) is 19.4 Å². The van der Waals surface area contributed by atoms with Crippen molar-refractivity contribution in [1.29, 1.82) is 0 Å². The Morgan fingerprint density at radius 3 is 2.81 bits per heavy atom. The molecule has 3 rings (SSSR count). The molecule has 2 bridgehead atoms. The van der Waals surface area contributed by atoms with E-state index in [4.69, 9.17) is 4.74 Å². The van der Waals surface area contributed by atoms with E-state index in [1.807, 2.05) is 4.90 Å². The van der Waals surface area contributed by atoms with Crippen molar-refractivity contribution in [2.45, 2.75) is 25.4 Å². The quantitative estimate of drug-likeness (QED) is 0.792. The molecule has 2 atom stereocenters. The predicted molar refractivity (Wildman–Crippen MR) is 95.1 cm³/mol. The molecule has 0 saturated carbocycles. The smallest absolute Gasteiger partial charge is 0.241 e. The van der Waals surface area contributed by atoms with Gasteiger partial charge in [0.15, 0.2) is 0 Å². The van der Waals surface area contributed by atoms with E-state index in [1.54, 1.807) is 31.1 Å². The highest BCUT2D eigenvalue weighted by Crippen LogP contribution is 2.31. The number of carbonyl (C=O) groups excluding carboxylic acids is 2. The number of hydrogen-bond donors (Lipinski definition) is 0. The van der Waals surface area contributed by atoms with Crippen molar-refractivity contribution >= 4 is 11.8 Å². The Kier molecular flexibility index (Phi) is 5.46. The predicted octanol–water partition coefficient (Wildman–Crippen LogP) is 1.35. The van der Waals surface area contributed by atoms with Gasteiger partial charge in [-0.2, -0.15) is 0 Å². The highest BCUT2D eigenvalue weighted by molar-refractivity contribution is 5.88. The van der Waals surface area contributed by atoms with Crippen molar-refractivity contribution < 1.29 is 18.7 Å². The number of rotatable bonds is 5. The first-order chi connectivity index (χ1) is 12.4. The van der Waals surface area contributed by atoms with Crippen LogP contribution in [-0.2, 0) is 16.1 Å². The number of likely N-dealkylation sites (tertiary alicyclic amines) is 2. The molecule has 2 heterocycles. The summed E-state index contributed by atoms with van der Waals surface area (Å²) in [5.41, 5.74) is 0.554. The second-order valence-electron chi connectivity index (χ2n) is 7.34. The van der Waals surface area contributed by atoms with Crippen molar-refractivity contribution in [1.82, 2.24) is 14.7 Å². The first-order valence-electron chi connectivity index (χ1n) is 8.94. The molecule has 142 valence electrons. The average molecular weight is 363 g/mol. The number of halogens is 1. The van der Waals surface area contributed by atoms with Gasteiger partial charge in [-0.1, -0.05) is 6.07 Å². The number of carbonyl (C=O) groups is 2. The van der Waals surface area contributed by atoms with Crippen LogP contribution < -0.4 is 4.74 Å². The molecule has 0 N–H and O–H groups in total. The maximum atomic E-state index is 14.3. The fraction of sp³-hybridized carbons (Fsp3) is 0.579. The third kappa shape index (κ3) is 3.82. The zero-order chi connectivity index (χ0) is 18.8. The van der Waals surface area contributed by atoms with Gasteiger partial charge in [-0.25, -0.2) is 4.39 Å². The molecular weight excluding hydrogens is 337 g/mol. The minimum Gasteiger partial charge on any atom is -0.497 e. The minimum absolute atomic E-state index is 0.0231. The molecule has 1 aromatic carbocycles. The third-order valence-corrected chi connectivity index (χ3v) is 5.36. The highest BCUT2D eigenvalue weighted by Gasteiger charge is 2.41. The molecule has 2 aliphatic heterocycles. The molecule has 0 aromatic heterocycles. The van der Waals surface area contributed by atoms with Crippen LogP contribution in [0.2, 0.25) is 0 Å². The summed E-state index contributed by atoms with van der Waals surface area (Å²) in [7, 11) is 4.89. The molecule has 1 aromatic rings. The molecule has 0 radical (unpaired) electrons. The highest BCUT2D eigenvalue weighted by atomic mass is 19.1. The van der Waals surface area contributed by atoms with Crippen molar-refractivity contribution in [3.8, 4) is 5.75 Å². The molecular formula is C19H26FN3O3. The monoisotopic (exact) mass is 363 g/mol. The lowest BCUT2D eigenvalue weighted by atomic mass is 9.85. The van der Waals surface area contributed by atoms with Crippen LogP contribution in [0.25, 0.3) is 0 Å². The van der Waals surface area contributed by atoms with Gasteiger partial charge in [0.25, 0.3) is 0 Å². The molecule has 26 heavy (non-hydrogen) atoms. The van der Waals surface area contributed by atoms with E-state index in [-0.39, 0.29) is 30.2 Å². The van der Waals surface area contributed by atoms with Gasteiger partial charge >= 0.3 is 0 Å². The zero-order valence-corrected chi connectivity index (χ0v) is 15.6. The fourth-order valence-corrected chi connectivity index (χ4v) is 3.76. The number of likely N-dealkylation sites (N-methyl/N-ethyl adjacent to an activating group) is 1. The third-order valence-electron chi connectivity index (χ3n) is 5.36. The number of fused-ring (bicyclic) bond motifs is 2. The van der Waals surface area contributed by atoms with E-state index < -0.39 is 0 Å². The van der Waals surface area contributed by atoms with Gasteiger partial charge in [-0.05, 0) is 31.4 Å². The normalized spacial score (nSPS) is 23.1. The number of benzene rings is 1. The van der Waals surface area contributed by atoms with Crippen molar-refractivity contribution in [2.24, 2.45) is 5.92 Å².